The van der Waals surface area contributed by atoms with E-state index < -0.39 is 0 Å². The van der Waals surface area contributed by atoms with Gasteiger partial charge in [-0.3, -0.25) is 0 Å². The van der Waals surface area contributed by atoms with E-state index in [1.807, 2.05) is 6.92 Å². The number of hydrogen-bond donors (Lipinski definition) is 3. The van der Waals surface area contributed by atoms with Crippen LogP contribution in [0.2, 0.25) is 0 Å². The van der Waals surface area contributed by atoms with Crippen LogP contribution in [0.1, 0.15) is 24.2 Å². The van der Waals surface area contributed by atoms with E-state index in [-0.39, 0.29) is 0 Å². The molecule has 1 aliphatic carbocycles. The van der Waals surface area contributed by atoms with Crippen LogP contribution in [-0.4, -0.2) is 23.1 Å². The van der Waals surface area contributed by atoms with Crippen molar-refractivity contribution in [1.29, 1.82) is 0 Å². The van der Waals surface area contributed by atoms with Gasteiger partial charge in [0.1, 0.15) is 5.82 Å². The molecule has 0 aliphatic heterocycles. The van der Waals surface area contributed by atoms with E-state index in [0.29, 0.717) is 5.41 Å². The first kappa shape index (κ1) is 11.7. The van der Waals surface area contributed by atoms with Crippen LogP contribution in [-0.2, 0) is 6.54 Å². The highest BCUT2D eigenvalue weighted by Gasteiger charge is 2.40. The molecular formula is C14H20N4. The third-order valence-electron chi connectivity index (χ3n) is 3.88. The normalized spacial score (nSPS) is 17.2. The number of aromatic amines is 1. The van der Waals surface area contributed by atoms with Crippen molar-refractivity contribution in [1.82, 2.24) is 15.3 Å². The zero-order chi connectivity index (χ0) is 12.6. The summed E-state index contributed by atoms with van der Waals surface area (Å²) < 4.78 is 0. The van der Waals surface area contributed by atoms with Gasteiger partial charge >= 0.3 is 0 Å². The van der Waals surface area contributed by atoms with Crippen LogP contribution in [0, 0.1) is 12.3 Å². The van der Waals surface area contributed by atoms with Gasteiger partial charge in [-0.2, -0.15) is 0 Å². The molecule has 0 amide bonds. The minimum atomic E-state index is 0.397. The van der Waals surface area contributed by atoms with E-state index in [0.717, 1.165) is 36.5 Å². The zero-order valence-electron chi connectivity index (χ0n) is 10.8. The third kappa shape index (κ3) is 2.26. The van der Waals surface area contributed by atoms with Crippen molar-refractivity contribution < 1.29 is 0 Å². The highest BCUT2D eigenvalue weighted by Crippen LogP contribution is 2.43. The molecule has 96 valence electrons. The Labute approximate surface area is 107 Å². The summed E-state index contributed by atoms with van der Waals surface area (Å²) in [6, 6.07) is 6.38. The zero-order valence-corrected chi connectivity index (χ0v) is 10.8. The van der Waals surface area contributed by atoms with E-state index in [4.69, 9.17) is 5.73 Å². The Morgan fingerprint density at radius 3 is 3.00 bits per heavy atom. The van der Waals surface area contributed by atoms with E-state index >= 15 is 0 Å². The molecule has 1 heterocycles. The Bertz CT molecular complexity index is 554. The fraction of sp³-hybridized carbons (Fsp3) is 0.500. The largest absolute Gasteiger partial charge is 0.342 e. The maximum absolute atomic E-state index is 5.77. The number of hydrogen-bond acceptors (Lipinski definition) is 3. The monoisotopic (exact) mass is 244 g/mol. The highest BCUT2D eigenvalue weighted by atomic mass is 14.9. The van der Waals surface area contributed by atoms with E-state index in [1.54, 1.807) is 0 Å². The van der Waals surface area contributed by atoms with Crippen molar-refractivity contribution in [2.45, 2.75) is 26.3 Å². The van der Waals surface area contributed by atoms with Gasteiger partial charge in [0.25, 0.3) is 0 Å². The summed E-state index contributed by atoms with van der Waals surface area (Å²) in [6.45, 7) is 4.72. The molecule has 2 aromatic rings. The van der Waals surface area contributed by atoms with Gasteiger partial charge in [0.05, 0.1) is 11.0 Å². The minimum Gasteiger partial charge on any atom is -0.342 e. The molecular weight excluding hydrogens is 224 g/mol. The lowest BCUT2D eigenvalue weighted by Gasteiger charge is -2.13. The summed E-state index contributed by atoms with van der Waals surface area (Å²) in [6.07, 6.45) is 2.55. The number of aromatic nitrogens is 2. The summed E-state index contributed by atoms with van der Waals surface area (Å²) in [5.74, 6) is 0.968. The minimum absolute atomic E-state index is 0.397. The molecule has 1 aliphatic rings. The Hall–Kier alpha value is -1.39. The van der Waals surface area contributed by atoms with Crippen LogP contribution in [0.5, 0.6) is 0 Å². The molecule has 4 nitrogen and oxygen atoms in total. The Kier molecular flexibility index (Phi) is 2.84. The Balaban J connectivity index is 1.63. The van der Waals surface area contributed by atoms with E-state index in [9.17, 15) is 0 Å². The van der Waals surface area contributed by atoms with Gasteiger partial charge in [-0.15, -0.1) is 0 Å². The molecule has 0 atom stereocenters. The lowest BCUT2D eigenvalue weighted by molar-refractivity contribution is 0.468. The number of nitrogens with two attached hydrogens (primary N) is 1. The van der Waals surface area contributed by atoms with Gasteiger partial charge in [0, 0.05) is 13.1 Å². The molecule has 0 radical (unpaired) electrons. The molecule has 18 heavy (non-hydrogen) atoms. The van der Waals surface area contributed by atoms with Crippen molar-refractivity contribution >= 4 is 11.0 Å². The number of rotatable bonds is 5. The summed E-state index contributed by atoms with van der Waals surface area (Å²) in [4.78, 5) is 7.67. The van der Waals surface area contributed by atoms with Gasteiger partial charge in [0.2, 0.25) is 0 Å². The second-order valence-electron chi connectivity index (χ2n) is 5.48. The summed E-state index contributed by atoms with van der Waals surface area (Å²) in [5, 5.41) is 3.51. The van der Waals surface area contributed by atoms with Crippen molar-refractivity contribution in [3.63, 3.8) is 0 Å². The number of nitrogens with one attached hydrogen (secondary N) is 2. The third-order valence-corrected chi connectivity index (χ3v) is 3.88. The van der Waals surface area contributed by atoms with Gasteiger partial charge in [-0.1, -0.05) is 6.07 Å². The average Bonchev–Trinajstić information content (AvgIpc) is 3.04. The Morgan fingerprint density at radius 2 is 2.28 bits per heavy atom. The highest BCUT2D eigenvalue weighted by molar-refractivity contribution is 5.75. The molecule has 3 rings (SSSR count). The number of imidazole rings is 1. The number of aryl methyl sites for hydroxylation is 1. The van der Waals surface area contributed by atoms with Crippen LogP contribution in [0.25, 0.3) is 11.0 Å². The van der Waals surface area contributed by atoms with Gasteiger partial charge in [0.15, 0.2) is 0 Å². The van der Waals surface area contributed by atoms with Gasteiger partial charge in [-0.05, 0) is 49.4 Å². The fourth-order valence-corrected chi connectivity index (χ4v) is 2.40. The first-order valence-electron chi connectivity index (χ1n) is 6.57. The second-order valence-corrected chi connectivity index (χ2v) is 5.48. The van der Waals surface area contributed by atoms with Crippen LogP contribution in [0.15, 0.2) is 18.2 Å². The maximum Gasteiger partial charge on any atom is 0.104 e. The average molecular weight is 244 g/mol. The molecule has 1 fully saturated rings. The van der Waals surface area contributed by atoms with Crippen LogP contribution in [0.3, 0.4) is 0 Å². The van der Waals surface area contributed by atoms with Crippen molar-refractivity contribution in [2.75, 3.05) is 13.1 Å². The van der Waals surface area contributed by atoms with Gasteiger partial charge in [-0.25, -0.2) is 4.98 Å². The number of fused-ring (bicyclic) bond motifs is 1. The number of benzene rings is 1. The topological polar surface area (TPSA) is 66.7 Å². The lowest BCUT2D eigenvalue weighted by Crippen LogP contribution is -2.29. The quantitative estimate of drug-likeness (QED) is 0.750. The van der Waals surface area contributed by atoms with Gasteiger partial charge < -0.3 is 16.0 Å². The summed E-state index contributed by atoms with van der Waals surface area (Å²) >= 11 is 0. The van der Waals surface area contributed by atoms with Crippen molar-refractivity contribution in [2.24, 2.45) is 11.1 Å². The number of nitrogens with zero attached hydrogens (tertiary/aromatic N) is 1. The molecule has 4 heteroatoms. The summed E-state index contributed by atoms with van der Waals surface area (Å²) in [7, 11) is 0. The molecule has 0 bridgehead atoms. The Morgan fingerprint density at radius 1 is 1.44 bits per heavy atom. The van der Waals surface area contributed by atoms with E-state index in [2.05, 4.69) is 33.5 Å². The first-order valence-corrected chi connectivity index (χ1v) is 6.57. The first-order chi connectivity index (χ1) is 8.71. The second kappa shape index (κ2) is 4.37. The molecule has 0 unspecified atom stereocenters. The van der Waals surface area contributed by atoms with Crippen molar-refractivity contribution in [3.8, 4) is 0 Å². The van der Waals surface area contributed by atoms with Crippen LogP contribution in [0.4, 0.5) is 0 Å². The van der Waals surface area contributed by atoms with Crippen LogP contribution >= 0.6 is 0 Å². The lowest BCUT2D eigenvalue weighted by atomic mass is 10.1. The standard InChI is InChI=1S/C14H20N4/c1-10-17-12-3-2-11(6-13(12)18-10)7-16-9-14(8-15)4-5-14/h2-3,6,16H,4-5,7-9,15H2,1H3,(H,17,18). The molecule has 1 saturated carbocycles. The van der Waals surface area contributed by atoms with Crippen LogP contribution < -0.4 is 11.1 Å². The predicted molar refractivity (Wildman–Crippen MR) is 73.3 cm³/mol. The molecule has 0 saturated heterocycles. The van der Waals surface area contributed by atoms with E-state index in [1.165, 1.54) is 18.4 Å². The fourth-order valence-electron chi connectivity index (χ4n) is 2.40. The predicted octanol–water partition coefficient (Wildman–Crippen LogP) is 1.70. The smallest absolute Gasteiger partial charge is 0.104 e. The molecule has 1 aromatic carbocycles. The SMILES string of the molecule is Cc1nc2ccc(CNCC3(CN)CC3)cc2[nH]1. The number of H-pyrrole nitrogens is 1. The molecule has 1 aromatic heterocycles. The summed E-state index contributed by atoms with van der Waals surface area (Å²) in [5.41, 5.74) is 9.62. The molecule has 0 spiro atoms. The van der Waals surface area contributed by atoms with Crippen molar-refractivity contribution in [3.05, 3.63) is 29.6 Å². The molecule has 4 N–H and O–H groups in total. The maximum atomic E-state index is 5.77.